The third-order valence-corrected chi connectivity index (χ3v) is 2.03. The molecule has 0 aliphatic heterocycles. The molecule has 0 spiro atoms. The normalized spacial score (nSPS) is 11.0. The van der Waals surface area contributed by atoms with Crippen LogP contribution in [0.2, 0.25) is 0 Å². The molecule has 14 heavy (non-hydrogen) atoms. The third-order valence-electron chi connectivity index (χ3n) is 2.03. The fraction of sp³-hybridized carbons (Fsp3) is 0.900. The summed E-state index contributed by atoms with van der Waals surface area (Å²) in [6.45, 7) is 6.88. The monoisotopic (exact) mass is 202 g/mol. The van der Waals surface area contributed by atoms with E-state index in [9.17, 15) is 10.0 Å². The molecule has 0 aliphatic rings. The molecular weight excluding hydrogens is 180 g/mol. The highest BCUT2D eigenvalue weighted by molar-refractivity contribution is 5.72. The van der Waals surface area contributed by atoms with Gasteiger partial charge in [-0.1, -0.05) is 6.42 Å². The van der Waals surface area contributed by atoms with E-state index < -0.39 is 0 Å². The molecule has 0 aromatic heterocycles. The minimum Gasteiger partial charge on any atom is -0.356 e. The van der Waals surface area contributed by atoms with Crippen LogP contribution >= 0.6 is 0 Å². The molecule has 0 unspecified atom stereocenters. The fourth-order valence-corrected chi connectivity index (χ4v) is 1.10. The highest BCUT2D eigenvalue weighted by Gasteiger charge is 2.03. The van der Waals surface area contributed by atoms with Gasteiger partial charge in [0.1, 0.15) is 0 Å². The summed E-state index contributed by atoms with van der Waals surface area (Å²) in [6.07, 6.45) is 2.98. The molecule has 0 saturated carbocycles. The van der Waals surface area contributed by atoms with Crippen molar-refractivity contribution in [1.29, 1.82) is 0 Å². The van der Waals surface area contributed by atoms with Crippen molar-refractivity contribution in [2.24, 2.45) is 0 Å². The lowest BCUT2D eigenvalue weighted by molar-refractivity contribution is -0.119. The van der Waals surface area contributed by atoms with E-state index in [-0.39, 0.29) is 11.9 Å². The second kappa shape index (κ2) is 7.76. The molecule has 0 aromatic rings. The maximum Gasteiger partial charge on any atom is 0.216 e. The van der Waals surface area contributed by atoms with Crippen LogP contribution in [0.3, 0.4) is 0 Å². The minimum atomic E-state index is 0.0240. The SMILES string of the molecule is CC(=O)NCCCCCN(O)C(C)C. The molecule has 2 N–H and O–H groups in total. The summed E-state index contributed by atoms with van der Waals surface area (Å²) < 4.78 is 0. The Kier molecular flexibility index (Phi) is 7.42. The molecule has 0 saturated heterocycles. The number of hydrogen-bond donors (Lipinski definition) is 2. The molecular formula is C10H22N2O2. The zero-order chi connectivity index (χ0) is 11.0. The van der Waals surface area contributed by atoms with Crippen LogP contribution in [-0.4, -0.2) is 35.3 Å². The first-order valence-corrected chi connectivity index (χ1v) is 5.24. The smallest absolute Gasteiger partial charge is 0.216 e. The van der Waals surface area contributed by atoms with E-state index in [0.29, 0.717) is 6.54 Å². The number of rotatable bonds is 7. The van der Waals surface area contributed by atoms with E-state index in [4.69, 9.17) is 0 Å². The van der Waals surface area contributed by atoms with Crippen molar-refractivity contribution >= 4 is 5.91 Å². The summed E-state index contributed by atoms with van der Waals surface area (Å²) >= 11 is 0. The van der Waals surface area contributed by atoms with Gasteiger partial charge in [-0.05, 0) is 26.7 Å². The van der Waals surface area contributed by atoms with E-state index in [1.807, 2.05) is 13.8 Å². The Morgan fingerprint density at radius 2 is 2.00 bits per heavy atom. The van der Waals surface area contributed by atoms with Crippen LogP contribution in [0.25, 0.3) is 0 Å². The predicted octanol–water partition coefficient (Wildman–Crippen LogP) is 1.39. The number of hydrogen-bond acceptors (Lipinski definition) is 3. The standard InChI is InChI=1S/C10H22N2O2/c1-9(2)12(14)8-6-4-5-7-11-10(3)13/h9,14H,4-8H2,1-3H3,(H,11,13). The molecule has 0 aromatic carbocycles. The first-order chi connectivity index (χ1) is 6.54. The maximum absolute atomic E-state index is 10.5. The van der Waals surface area contributed by atoms with Crippen molar-refractivity contribution in [2.45, 2.75) is 46.1 Å². The van der Waals surface area contributed by atoms with E-state index >= 15 is 0 Å². The van der Waals surface area contributed by atoms with Crippen molar-refractivity contribution in [2.75, 3.05) is 13.1 Å². The molecule has 0 atom stereocenters. The zero-order valence-electron chi connectivity index (χ0n) is 9.42. The molecule has 0 radical (unpaired) electrons. The molecule has 0 aliphatic carbocycles. The summed E-state index contributed by atoms with van der Waals surface area (Å²) in [7, 11) is 0. The van der Waals surface area contributed by atoms with Gasteiger partial charge in [0.15, 0.2) is 0 Å². The molecule has 0 bridgehead atoms. The first-order valence-electron chi connectivity index (χ1n) is 5.24. The van der Waals surface area contributed by atoms with Crippen molar-refractivity contribution < 1.29 is 10.0 Å². The van der Waals surface area contributed by atoms with Gasteiger partial charge in [-0.3, -0.25) is 4.79 Å². The summed E-state index contributed by atoms with van der Waals surface area (Å²) in [5.41, 5.74) is 0. The molecule has 84 valence electrons. The van der Waals surface area contributed by atoms with Crippen LogP contribution in [0.5, 0.6) is 0 Å². The minimum absolute atomic E-state index is 0.0240. The zero-order valence-corrected chi connectivity index (χ0v) is 9.42. The van der Waals surface area contributed by atoms with Crippen LogP contribution in [0.15, 0.2) is 0 Å². The Balaban J connectivity index is 3.17. The van der Waals surface area contributed by atoms with E-state index in [2.05, 4.69) is 5.32 Å². The number of unbranched alkanes of at least 4 members (excludes halogenated alkanes) is 2. The van der Waals surface area contributed by atoms with Crippen LogP contribution in [0.1, 0.15) is 40.0 Å². The Bertz CT molecular complexity index is 160. The molecule has 4 heteroatoms. The second-order valence-electron chi connectivity index (χ2n) is 3.80. The van der Waals surface area contributed by atoms with Crippen LogP contribution in [-0.2, 0) is 4.79 Å². The average molecular weight is 202 g/mol. The summed E-state index contributed by atoms with van der Waals surface area (Å²) in [5.74, 6) is 0.0240. The molecule has 4 nitrogen and oxygen atoms in total. The number of carbonyl (C=O) groups excluding carboxylic acids is 1. The van der Waals surface area contributed by atoms with Crippen LogP contribution < -0.4 is 5.32 Å². The summed E-state index contributed by atoms with van der Waals surface area (Å²) in [5, 5.41) is 13.4. The molecule has 0 fully saturated rings. The van der Waals surface area contributed by atoms with Gasteiger partial charge < -0.3 is 10.5 Å². The number of nitrogens with zero attached hydrogens (tertiary/aromatic N) is 1. The largest absolute Gasteiger partial charge is 0.356 e. The lowest BCUT2D eigenvalue weighted by Gasteiger charge is -2.18. The van der Waals surface area contributed by atoms with Crippen LogP contribution in [0, 0.1) is 0 Å². The Morgan fingerprint density at radius 3 is 2.50 bits per heavy atom. The van der Waals surface area contributed by atoms with E-state index in [1.165, 1.54) is 12.0 Å². The predicted molar refractivity (Wildman–Crippen MR) is 56.2 cm³/mol. The van der Waals surface area contributed by atoms with Crippen molar-refractivity contribution in [3.8, 4) is 0 Å². The maximum atomic E-state index is 10.5. The van der Waals surface area contributed by atoms with Gasteiger partial charge >= 0.3 is 0 Å². The lowest BCUT2D eigenvalue weighted by Crippen LogP contribution is -2.28. The van der Waals surface area contributed by atoms with Crippen molar-refractivity contribution in [3.63, 3.8) is 0 Å². The number of carbonyl (C=O) groups is 1. The van der Waals surface area contributed by atoms with Gasteiger partial charge in [0.25, 0.3) is 0 Å². The van der Waals surface area contributed by atoms with Gasteiger partial charge in [0.05, 0.1) is 0 Å². The van der Waals surface area contributed by atoms with Crippen molar-refractivity contribution in [3.05, 3.63) is 0 Å². The van der Waals surface area contributed by atoms with E-state index in [0.717, 1.165) is 25.8 Å². The highest BCUT2D eigenvalue weighted by atomic mass is 16.5. The van der Waals surface area contributed by atoms with Gasteiger partial charge in [0, 0.05) is 26.1 Å². The molecule has 0 rings (SSSR count). The number of amides is 1. The summed E-state index contributed by atoms with van der Waals surface area (Å²) in [4.78, 5) is 10.5. The average Bonchev–Trinajstić information content (AvgIpc) is 2.09. The highest BCUT2D eigenvalue weighted by Crippen LogP contribution is 1.99. The van der Waals surface area contributed by atoms with Crippen molar-refractivity contribution in [1.82, 2.24) is 10.4 Å². The topological polar surface area (TPSA) is 52.6 Å². The second-order valence-corrected chi connectivity index (χ2v) is 3.80. The summed E-state index contributed by atoms with van der Waals surface area (Å²) in [6, 6.07) is 0.186. The Labute approximate surface area is 86.2 Å². The Hall–Kier alpha value is -0.610. The molecule has 1 amide bonds. The fourth-order valence-electron chi connectivity index (χ4n) is 1.10. The quantitative estimate of drug-likeness (QED) is 0.484. The van der Waals surface area contributed by atoms with Gasteiger partial charge in [-0.25, -0.2) is 0 Å². The van der Waals surface area contributed by atoms with Crippen LogP contribution in [0.4, 0.5) is 0 Å². The third kappa shape index (κ3) is 8.01. The van der Waals surface area contributed by atoms with Gasteiger partial charge in [-0.2, -0.15) is 5.06 Å². The number of hydroxylamine groups is 2. The lowest BCUT2D eigenvalue weighted by atomic mass is 10.2. The van der Waals surface area contributed by atoms with Gasteiger partial charge in [-0.15, -0.1) is 0 Å². The molecule has 0 heterocycles. The van der Waals surface area contributed by atoms with Gasteiger partial charge in [0.2, 0.25) is 5.91 Å². The first kappa shape index (κ1) is 13.4. The number of nitrogens with one attached hydrogen (secondary N) is 1. The van der Waals surface area contributed by atoms with E-state index in [1.54, 1.807) is 0 Å². The Morgan fingerprint density at radius 1 is 1.36 bits per heavy atom.